The van der Waals surface area contributed by atoms with Gasteiger partial charge < -0.3 is 0 Å². The molecule has 0 amide bonds. The molecule has 1 radical (unpaired) electrons. The Hall–Kier alpha value is -0.540. The summed E-state index contributed by atoms with van der Waals surface area (Å²) in [4.78, 5) is 0.168. The lowest BCUT2D eigenvalue weighted by molar-refractivity contribution is 0.601. The van der Waals surface area contributed by atoms with Gasteiger partial charge in [-0.25, -0.2) is 8.42 Å². The van der Waals surface area contributed by atoms with E-state index in [2.05, 4.69) is 6.07 Å². The fourth-order valence-corrected chi connectivity index (χ4v) is 1.33. The molecule has 0 aliphatic carbocycles. The quantitative estimate of drug-likeness (QED) is 0.672. The van der Waals surface area contributed by atoms with Gasteiger partial charge in [0.15, 0.2) is 9.84 Å². The van der Waals surface area contributed by atoms with Gasteiger partial charge in [0.05, 0.1) is 4.90 Å². The predicted molar refractivity (Wildman–Crippen MR) is 43.4 cm³/mol. The minimum absolute atomic E-state index is 0.168. The van der Waals surface area contributed by atoms with Crippen LogP contribution in [0.5, 0.6) is 0 Å². The van der Waals surface area contributed by atoms with Crippen LogP contribution in [0.1, 0.15) is 0 Å². The van der Waals surface area contributed by atoms with Crippen LogP contribution < -0.4 is 0 Å². The van der Waals surface area contributed by atoms with Gasteiger partial charge in [0.25, 0.3) is 0 Å². The van der Waals surface area contributed by atoms with E-state index in [0.29, 0.717) is 5.02 Å². The third kappa shape index (κ3) is 2.20. The molecule has 1 aromatic rings. The maximum Gasteiger partial charge on any atom is 0.176 e. The number of halogens is 1. The zero-order valence-electron chi connectivity index (χ0n) is 5.83. The predicted octanol–water partition coefficient (Wildman–Crippen LogP) is 1.54. The summed E-state index contributed by atoms with van der Waals surface area (Å²) in [5.74, 6) is 0. The van der Waals surface area contributed by atoms with Crippen LogP contribution in [0.3, 0.4) is 0 Å². The lowest BCUT2D eigenvalue weighted by atomic mass is 10.4. The average Bonchev–Trinajstić information content (AvgIpc) is 1.86. The van der Waals surface area contributed by atoms with Crippen molar-refractivity contribution in [2.24, 2.45) is 0 Å². The molecule has 1 aromatic carbocycles. The topological polar surface area (TPSA) is 34.1 Å². The molecule has 0 aliphatic rings. The first-order valence-electron chi connectivity index (χ1n) is 2.87. The van der Waals surface area contributed by atoms with Gasteiger partial charge in [0, 0.05) is 17.3 Å². The molecule has 0 aliphatic heterocycles. The minimum atomic E-state index is -3.13. The molecule has 59 valence electrons. The van der Waals surface area contributed by atoms with E-state index in [-0.39, 0.29) is 4.90 Å². The second-order valence-corrected chi connectivity index (χ2v) is 4.56. The van der Waals surface area contributed by atoms with E-state index >= 15 is 0 Å². The molecular formula is C7H6ClO2S. The van der Waals surface area contributed by atoms with Crippen molar-refractivity contribution in [1.29, 1.82) is 0 Å². The van der Waals surface area contributed by atoms with Crippen LogP contribution in [0, 0.1) is 6.07 Å². The van der Waals surface area contributed by atoms with E-state index in [1.54, 1.807) is 0 Å². The molecule has 0 heterocycles. The zero-order valence-corrected chi connectivity index (χ0v) is 7.41. The van der Waals surface area contributed by atoms with Crippen molar-refractivity contribution in [3.8, 4) is 0 Å². The Morgan fingerprint density at radius 2 is 2.09 bits per heavy atom. The molecule has 0 bridgehead atoms. The molecule has 0 aromatic heterocycles. The fourth-order valence-electron chi connectivity index (χ4n) is 0.622. The summed E-state index contributed by atoms with van der Waals surface area (Å²) in [5, 5.41) is 0.484. The molecule has 0 unspecified atom stereocenters. The van der Waals surface area contributed by atoms with Crippen LogP contribution >= 0.6 is 11.6 Å². The molecule has 0 saturated heterocycles. The van der Waals surface area contributed by atoms with Crippen molar-refractivity contribution in [2.75, 3.05) is 6.26 Å². The summed E-state index contributed by atoms with van der Waals surface area (Å²) in [5.41, 5.74) is 0. The number of sulfone groups is 1. The van der Waals surface area contributed by atoms with Gasteiger partial charge in [-0.15, -0.1) is 0 Å². The lowest BCUT2D eigenvalue weighted by Crippen LogP contribution is -1.95. The van der Waals surface area contributed by atoms with Crippen molar-refractivity contribution >= 4 is 21.4 Å². The van der Waals surface area contributed by atoms with E-state index in [0.717, 1.165) is 6.26 Å². The van der Waals surface area contributed by atoms with Gasteiger partial charge in [0.1, 0.15) is 0 Å². The standard InChI is InChI=1S/C7H6ClO2S/c1-11(9,10)7-4-2-6(8)3-5-7/h2-4H,1H3. The van der Waals surface area contributed by atoms with Gasteiger partial charge in [-0.2, -0.15) is 0 Å². The van der Waals surface area contributed by atoms with Crippen molar-refractivity contribution in [3.05, 3.63) is 29.3 Å². The molecule has 0 spiro atoms. The molecule has 0 N–H and O–H groups in total. The van der Waals surface area contributed by atoms with E-state index in [1.165, 1.54) is 18.2 Å². The molecule has 1 rings (SSSR count). The Bertz CT molecular complexity index is 339. The highest BCUT2D eigenvalue weighted by Crippen LogP contribution is 2.12. The normalized spacial score (nSPS) is 11.5. The number of hydrogen-bond acceptors (Lipinski definition) is 2. The highest BCUT2D eigenvalue weighted by Gasteiger charge is 2.05. The third-order valence-corrected chi connectivity index (χ3v) is 2.43. The summed E-state index contributed by atoms with van der Waals surface area (Å²) in [6, 6.07) is 6.94. The second-order valence-electron chi connectivity index (χ2n) is 2.14. The Morgan fingerprint density at radius 1 is 1.45 bits per heavy atom. The highest BCUT2D eigenvalue weighted by molar-refractivity contribution is 7.90. The van der Waals surface area contributed by atoms with Crippen LogP contribution in [0.15, 0.2) is 23.1 Å². The second kappa shape index (κ2) is 2.83. The van der Waals surface area contributed by atoms with E-state index < -0.39 is 9.84 Å². The van der Waals surface area contributed by atoms with Crippen molar-refractivity contribution < 1.29 is 8.42 Å². The molecule has 0 fully saturated rings. The third-order valence-electron chi connectivity index (χ3n) is 1.15. The maximum absolute atomic E-state index is 10.9. The minimum Gasteiger partial charge on any atom is -0.224 e. The van der Waals surface area contributed by atoms with Crippen molar-refractivity contribution in [3.63, 3.8) is 0 Å². The maximum atomic E-state index is 10.9. The smallest absolute Gasteiger partial charge is 0.176 e. The monoisotopic (exact) mass is 189 g/mol. The van der Waals surface area contributed by atoms with E-state index in [4.69, 9.17) is 11.6 Å². The van der Waals surface area contributed by atoms with Crippen LogP contribution in [0.2, 0.25) is 5.02 Å². The van der Waals surface area contributed by atoms with Crippen LogP contribution in [0.4, 0.5) is 0 Å². The average molecular weight is 190 g/mol. The van der Waals surface area contributed by atoms with Gasteiger partial charge in [-0.1, -0.05) is 11.6 Å². The first kappa shape index (κ1) is 8.56. The van der Waals surface area contributed by atoms with Crippen molar-refractivity contribution in [1.82, 2.24) is 0 Å². The summed E-state index contributed by atoms with van der Waals surface area (Å²) in [6.07, 6.45) is 1.13. The van der Waals surface area contributed by atoms with E-state index in [9.17, 15) is 8.42 Å². The van der Waals surface area contributed by atoms with Gasteiger partial charge in [-0.3, -0.25) is 0 Å². The molecule has 4 heteroatoms. The lowest BCUT2D eigenvalue weighted by Gasteiger charge is -1.95. The zero-order chi connectivity index (χ0) is 8.48. The molecule has 2 nitrogen and oxygen atoms in total. The first-order chi connectivity index (χ1) is 5.00. The molecule has 11 heavy (non-hydrogen) atoms. The van der Waals surface area contributed by atoms with Crippen LogP contribution in [-0.4, -0.2) is 14.7 Å². The van der Waals surface area contributed by atoms with Crippen LogP contribution in [-0.2, 0) is 9.84 Å². The molecular weight excluding hydrogens is 184 g/mol. The Labute approximate surface area is 70.7 Å². The number of hydrogen-bond donors (Lipinski definition) is 0. The van der Waals surface area contributed by atoms with E-state index in [1.807, 2.05) is 0 Å². The largest absolute Gasteiger partial charge is 0.224 e. The Morgan fingerprint density at radius 3 is 2.45 bits per heavy atom. The van der Waals surface area contributed by atoms with Crippen molar-refractivity contribution in [2.45, 2.75) is 4.90 Å². The Balaban J connectivity index is 3.20. The van der Waals surface area contributed by atoms with Gasteiger partial charge >= 0.3 is 0 Å². The summed E-state index contributed by atoms with van der Waals surface area (Å²) in [7, 11) is -3.13. The summed E-state index contributed by atoms with van der Waals surface area (Å²) in [6.45, 7) is 0. The van der Waals surface area contributed by atoms with Gasteiger partial charge in [0.2, 0.25) is 0 Å². The summed E-state index contributed by atoms with van der Waals surface area (Å²) < 4.78 is 21.7. The van der Waals surface area contributed by atoms with Gasteiger partial charge in [-0.05, 0) is 18.2 Å². The highest BCUT2D eigenvalue weighted by atomic mass is 35.5. The first-order valence-corrected chi connectivity index (χ1v) is 5.14. The molecule has 0 atom stereocenters. The number of benzene rings is 1. The number of rotatable bonds is 1. The fraction of sp³-hybridized carbons (Fsp3) is 0.143. The summed E-state index contributed by atoms with van der Waals surface area (Å²) >= 11 is 5.54. The SMILES string of the molecule is CS(=O)(=O)c1[c]cc(Cl)cc1. The van der Waals surface area contributed by atoms with Crippen LogP contribution in [0.25, 0.3) is 0 Å². The Kier molecular flexibility index (Phi) is 2.20. The molecule has 0 saturated carbocycles.